The van der Waals surface area contributed by atoms with Gasteiger partial charge in [-0.3, -0.25) is 0 Å². The number of aliphatic carboxylic acids is 1. The van der Waals surface area contributed by atoms with Gasteiger partial charge in [0.2, 0.25) is 0 Å². The van der Waals surface area contributed by atoms with Gasteiger partial charge < -0.3 is 19.9 Å². The van der Waals surface area contributed by atoms with Crippen molar-refractivity contribution in [3.05, 3.63) is 59.7 Å². The number of ether oxygens (including phenoxy) is 2. The Morgan fingerprint density at radius 2 is 1.70 bits per heavy atom. The molecule has 1 aliphatic carbocycles. The number of fused-ring (bicyclic) bond motifs is 3. The monoisotopic (exact) mass is 367 g/mol. The highest BCUT2D eigenvalue weighted by atomic mass is 16.5. The van der Waals surface area contributed by atoms with Crippen molar-refractivity contribution in [3.63, 3.8) is 0 Å². The normalized spacial score (nSPS) is 21.2. The molecule has 4 rings (SSSR count). The molecule has 0 spiro atoms. The second kappa shape index (κ2) is 7.40. The average Bonchev–Trinajstić information content (AvgIpc) is 3.00. The Hall–Kier alpha value is -2.86. The number of rotatable bonds is 4. The van der Waals surface area contributed by atoms with Crippen molar-refractivity contribution in [2.45, 2.75) is 30.9 Å². The number of carbonyl (C=O) groups is 2. The van der Waals surface area contributed by atoms with Crippen molar-refractivity contribution in [2.75, 3.05) is 13.2 Å². The van der Waals surface area contributed by atoms with Crippen molar-refractivity contribution in [2.24, 2.45) is 0 Å². The number of carboxylic acids is 1. The smallest absolute Gasteiger partial charge is 0.407 e. The Kier molecular flexibility index (Phi) is 4.81. The molecule has 1 heterocycles. The number of benzene rings is 2. The van der Waals surface area contributed by atoms with E-state index in [0.717, 1.165) is 11.1 Å². The molecule has 2 aromatic rings. The van der Waals surface area contributed by atoms with Crippen molar-refractivity contribution < 1.29 is 24.2 Å². The summed E-state index contributed by atoms with van der Waals surface area (Å²) in [5.74, 6) is -1.00. The summed E-state index contributed by atoms with van der Waals surface area (Å²) in [7, 11) is 0. The van der Waals surface area contributed by atoms with Crippen LogP contribution in [0.15, 0.2) is 48.5 Å². The first-order chi connectivity index (χ1) is 13.1. The quantitative estimate of drug-likeness (QED) is 0.867. The van der Waals surface area contributed by atoms with Crippen LogP contribution in [-0.2, 0) is 14.3 Å². The summed E-state index contributed by atoms with van der Waals surface area (Å²) in [5, 5.41) is 11.8. The van der Waals surface area contributed by atoms with E-state index in [4.69, 9.17) is 14.6 Å². The molecule has 0 aromatic heterocycles. The highest BCUT2D eigenvalue weighted by Crippen LogP contribution is 2.44. The highest BCUT2D eigenvalue weighted by Gasteiger charge is 2.31. The standard InChI is InChI=1S/C21H21NO5/c23-20(24)19-11-13(9-10-26-19)22-21(25)27-12-18-16-7-3-1-5-14(16)15-6-2-4-8-17(15)18/h1-8,13,18-19H,9-12H2,(H,22,25)(H,23,24). The van der Waals surface area contributed by atoms with Crippen LogP contribution in [-0.4, -0.2) is 42.5 Å². The van der Waals surface area contributed by atoms with Crippen LogP contribution < -0.4 is 5.32 Å². The molecule has 140 valence electrons. The molecule has 2 N–H and O–H groups in total. The number of alkyl carbamates (subject to hydrolysis) is 1. The first-order valence-corrected chi connectivity index (χ1v) is 9.09. The van der Waals surface area contributed by atoms with E-state index in [0.29, 0.717) is 13.0 Å². The summed E-state index contributed by atoms with van der Waals surface area (Å²) in [6.45, 7) is 0.552. The fourth-order valence-electron chi connectivity index (χ4n) is 3.91. The van der Waals surface area contributed by atoms with E-state index in [1.807, 2.05) is 24.3 Å². The van der Waals surface area contributed by atoms with Crippen LogP contribution in [0, 0.1) is 0 Å². The molecular formula is C21H21NO5. The third-order valence-corrected chi connectivity index (χ3v) is 5.23. The second-order valence-corrected chi connectivity index (χ2v) is 6.89. The summed E-state index contributed by atoms with van der Waals surface area (Å²) >= 11 is 0. The lowest BCUT2D eigenvalue weighted by atomic mass is 9.98. The van der Waals surface area contributed by atoms with Gasteiger partial charge in [-0.05, 0) is 28.7 Å². The fraction of sp³-hybridized carbons (Fsp3) is 0.333. The van der Waals surface area contributed by atoms with Crippen molar-refractivity contribution in [1.82, 2.24) is 5.32 Å². The molecule has 6 heteroatoms. The van der Waals surface area contributed by atoms with Gasteiger partial charge in [0, 0.05) is 25.0 Å². The largest absolute Gasteiger partial charge is 0.479 e. The molecule has 1 amide bonds. The van der Waals surface area contributed by atoms with E-state index < -0.39 is 18.2 Å². The molecule has 1 saturated heterocycles. The van der Waals surface area contributed by atoms with Gasteiger partial charge in [-0.1, -0.05) is 48.5 Å². The predicted molar refractivity (Wildman–Crippen MR) is 98.6 cm³/mol. The van der Waals surface area contributed by atoms with Crippen molar-refractivity contribution >= 4 is 12.1 Å². The fourth-order valence-corrected chi connectivity index (χ4v) is 3.91. The molecule has 2 atom stereocenters. The topological polar surface area (TPSA) is 84.9 Å². The van der Waals surface area contributed by atoms with Gasteiger partial charge in [0.05, 0.1) is 0 Å². The summed E-state index contributed by atoms with van der Waals surface area (Å²) in [6.07, 6.45) is -0.571. The van der Waals surface area contributed by atoms with Crippen LogP contribution in [0.2, 0.25) is 0 Å². The Morgan fingerprint density at radius 1 is 1.07 bits per heavy atom. The molecule has 2 aliphatic rings. The van der Waals surface area contributed by atoms with Gasteiger partial charge in [0.25, 0.3) is 0 Å². The number of carbonyl (C=O) groups excluding carboxylic acids is 1. The summed E-state index contributed by atoms with van der Waals surface area (Å²) in [4.78, 5) is 23.3. The molecule has 0 bridgehead atoms. The molecule has 0 saturated carbocycles. The number of nitrogens with one attached hydrogen (secondary N) is 1. The first kappa shape index (κ1) is 17.5. The van der Waals surface area contributed by atoms with E-state index in [9.17, 15) is 9.59 Å². The van der Waals surface area contributed by atoms with E-state index in [1.165, 1.54) is 11.1 Å². The average molecular weight is 367 g/mol. The van der Waals surface area contributed by atoms with Crippen LogP contribution in [0.4, 0.5) is 4.79 Å². The molecular weight excluding hydrogens is 346 g/mol. The van der Waals surface area contributed by atoms with Crippen LogP contribution in [0.1, 0.15) is 29.9 Å². The highest BCUT2D eigenvalue weighted by molar-refractivity contribution is 5.79. The van der Waals surface area contributed by atoms with Gasteiger partial charge in [-0.15, -0.1) is 0 Å². The van der Waals surface area contributed by atoms with Gasteiger partial charge in [-0.2, -0.15) is 0 Å². The van der Waals surface area contributed by atoms with Crippen LogP contribution in [0.5, 0.6) is 0 Å². The maximum absolute atomic E-state index is 12.2. The Labute approximate surface area is 157 Å². The molecule has 6 nitrogen and oxygen atoms in total. The lowest BCUT2D eigenvalue weighted by molar-refractivity contribution is -0.153. The summed E-state index contributed by atoms with van der Waals surface area (Å²) in [6, 6.07) is 16.1. The minimum atomic E-state index is -1.01. The first-order valence-electron chi connectivity index (χ1n) is 9.09. The molecule has 2 aromatic carbocycles. The molecule has 27 heavy (non-hydrogen) atoms. The second-order valence-electron chi connectivity index (χ2n) is 6.89. The maximum atomic E-state index is 12.2. The van der Waals surface area contributed by atoms with E-state index >= 15 is 0 Å². The van der Waals surface area contributed by atoms with Gasteiger partial charge in [0.15, 0.2) is 6.10 Å². The van der Waals surface area contributed by atoms with Gasteiger partial charge in [-0.25, -0.2) is 9.59 Å². The van der Waals surface area contributed by atoms with E-state index in [-0.39, 0.29) is 25.0 Å². The van der Waals surface area contributed by atoms with E-state index in [1.54, 1.807) is 0 Å². The maximum Gasteiger partial charge on any atom is 0.407 e. The minimum Gasteiger partial charge on any atom is -0.479 e. The van der Waals surface area contributed by atoms with Gasteiger partial charge >= 0.3 is 12.1 Å². The molecule has 1 aliphatic heterocycles. The van der Waals surface area contributed by atoms with Crippen LogP contribution in [0.25, 0.3) is 11.1 Å². The minimum absolute atomic E-state index is 0.00427. The Bertz CT molecular complexity index is 820. The van der Waals surface area contributed by atoms with Gasteiger partial charge in [0.1, 0.15) is 6.61 Å². The lowest BCUT2D eigenvalue weighted by Crippen LogP contribution is -2.44. The number of amides is 1. The van der Waals surface area contributed by atoms with Crippen molar-refractivity contribution in [1.29, 1.82) is 0 Å². The molecule has 1 fully saturated rings. The summed E-state index contributed by atoms with van der Waals surface area (Å²) < 4.78 is 10.7. The Morgan fingerprint density at radius 3 is 2.33 bits per heavy atom. The predicted octanol–water partition coefficient (Wildman–Crippen LogP) is 3.16. The zero-order chi connectivity index (χ0) is 18.8. The number of hydrogen-bond donors (Lipinski definition) is 2. The third kappa shape index (κ3) is 3.53. The lowest BCUT2D eigenvalue weighted by Gasteiger charge is -2.27. The zero-order valence-electron chi connectivity index (χ0n) is 14.8. The zero-order valence-corrected chi connectivity index (χ0v) is 14.8. The number of carboxylic acid groups (broad SMARTS) is 1. The molecule has 2 unspecified atom stereocenters. The SMILES string of the molecule is O=C(NC1CCOC(C(=O)O)C1)OCC1c2ccccc2-c2ccccc21. The summed E-state index contributed by atoms with van der Waals surface area (Å²) in [5.41, 5.74) is 4.67. The van der Waals surface area contributed by atoms with Crippen LogP contribution in [0.3, 0.4) is 0 Å². The number of hydrogen-bond acceptors (Lipinski definition) is 4. The third-order valence-electron chi connectivity index (χ3n) is 5.23. The Balaban J connectivity index is 1.40. The van der Waals surface area contributed by atoms with Crippen LogP contribution >= 0.6 is 0 Å². The molecule has 0 radical (unpaired) electrons. The van der Waals surface area contributed by atoms with E-state index in [2.05, 4.69) is 29.6 Å². The van der Waals surface area contributed by atoms with Crippen molar-refractivity contribution in [3.8, 4) is 11.1 Å².